The Morgan fingerprint density at radius 1 is 1.24 bits per heavy atom. The van der Waals surface area contributed by atoms with Gasteiger partial charge in [0.25, 0.3) is 0 Å². The van der Waals surface area contributed by atoms with Crippen LogP contribution < -0.4 is 0 Å². The van der Waals surface area contributed by atoms with E-state index in [9.17, 15) is 4.79 Å². The normalized spacial score (nSPS) is 25.2. The Hall–Kier alpha value is -1.31. The molecule has 2 heteroatoms. The Labute approximate surface area is 103 Å². The first-order valence-corrected chi connectivity index (χ1v) is 6.34. The Kier molecular flexibility index (Phi) is 3.51. The van der Waals surface area contributed by atoms with E-state index in [1.54, 1.807) is 0 Å². The fourth-order valence-electron chi connectivity index (χ4n) is 2.37. The van der Waals surface area contributed by atoms with Gasteiger partial charge in [-0.05, 0) is 49.3 Å². The molecule has 0 N–H and O–H groups in total. The van der Waals surface area contributed by atoms with E-state index < -0.39 is 0 Å². The van der Waals surface area contributed by atoms with Crippen molar-refractivity contribution in [3.63, 3.8) is 0 Å². The van der Waals surface area contributed by atoms with Crippen molar-refractivity contribution in [2.45, 2.75) is 46.1 Å². The molecule has 0 spiro atoms. The average Bonchev–Trinajstić information content (AvgIpc) is 2.45. The van der Waals surface area contributed by atoms with E-state index in [1.807, 2.05) is 0 Å². The zero-order chi connectivity index (χ0) is 12.4. The van der Waals surface area contributed by atoms with Gasteiger partial charge in [0, 0.05) is 6.42 Å². The van der Waals surface area contributed by atoms with Crippen LogP contribution in [-0.4, -0.2) is 5.97 Å². The van der Waals surface area contributed by atoms with Crippen LogP contribution in [0.3, 0.4) is 0 Å². The minimum absolute atomic E-state index is 0.0578. The summed E-state index contributed by atoms with van der Waals surface area (Å²) in [6, 6.07) is 6.34. The van der Waals surface area contributed by atoms with Crippen LogP contribution in [0.1, 0.15) is 49.0 Å². The summed E-state index contributed by atoms with van der Waals surface area (Å²) in [5.41, 5.74) is 3.67. The second kappa shape index (κ2) is 4.91. The van der Waals surface area contributed by atoms with Crippen molar-refractivity contribution >= 4 is 5.97 Å². The quantitative estimate of drug-likeness (QED) is 0.690. The van der Waals surface area contributed by atoms with Gasteiger partial charge in [-0.15, -0.1) is 0 Å². The van der Waals surface area contributed by atoms with Crippen molar-refractivity contribution in [2.24, 2.45) is 5.92 Å². The highest BCUT2D eigenvalue weighted by molar-refractivity contribution is 5.70. The van der Waals surface area contributed by atoms with Crippen LogP contribution >= 0.6 is 0 Å². The number of carbonyl (C=O) groups is 1. The van der Waals surface area contributed by atoms with Gasteiger partial charge in [0.05, 0.1) is 0 Å². The number of hydrogen-bond donors (Lipinski definition) is 0. The minimum atomic E-state index is -0.0655. The molecule has 0 unspecified atom stereocenters. The van der Waals surface area contributed by atoms with Crippen LogP contribution in [0, 0.1) is 19.8 Å². The molecule has 2 atom stereocenters. The van der Waals surface area contributed by atoms with Crippen LogP contribution in [0.15, 0.2) is 18.2 Å². The van der Waals surface area contributed by atoms with Crippen molar-refractivity contribution in [3.05, 3.63) is 34.9 Å². The molecule has 0 aromatic heterocycles. The highest BCUT2D eigenvalue weighted by Gasteiger charge is 2.26. The lowest BCUT2D eigenvalue weighted by Crippen LogP contribution is -2.14. The number of aryl methyl sites for hydroxylation is 2. The smallest absolute Gasteiger partial charge is 0.306 e. The summed E-state index contributed by atoms with van der Waals surface area (Å²) in [6.07, 6.45) is 2.50. The number of carbonyl (C=O) groups excluding carboxylic acids is 1. The Balaban J connectivity index is 2.29. The highest BCUT2D eigenvalue weighted by Crippen LogP contribution is 2.33. The first kappa shape index (κ1) is 12.2. The number of esters is 1. The van der Waals surface area contributed by atoms with E-state index in [1.165, 1.54) is 11.1 Å². The molecule has 2 rings (SSSR count). The molecule has 1 heterocycles. The van der Waals surface area contributed by atoms with E-state index in [-0.39, 0.29) is 12.1 Å². The summed E-state index contributed by atoms with van der Waals surface area (Å²) in [7, 11) is 0. The van der Waals surface area contributed by atoms with Crippen LogP contribution in [0.4, 0.5) is 0 Å². The first-order valence-electron chi connectivity index (χ1n) is 6.34. The van der Waals surface area contributed by atoms with Gasteiger partial charge in [-0.2, -0.15) is 0 Å². The minimum Gasteiger partial charge on any atom is -0.457 e. The average molecular weight is 232 g/mol. The van der Waals surface area contributed by atoms with Crippen molar-refractivity contribution in [2.75, 3.05) is 0 Å². The van der Waals surface area contributed by atoms with Gasteiger partial charge >= 0.3 is 5.97 Å². The van der Waals surface area contributed by atoms with Crippen LogP contribution in [0.2, 0.25) is 0 Å². The van der Waals surface area contributed by atoms with Crippen LogP contribution in [-0.2, 0) is 9.53 Å². The fourth-order valence-corrected chi connectivity index (χ4v) is 2.37. The monoisotopic (exact) mass is 232 g/mol. The van der Waals surface area contributed by atoms with Crippen LogP contribution in [0.5, 0.6) is 0 Å². The fraction of sp³-hybridized carbons (Fsp3) is 0.533. The number of ether oxygens (including phenoxy) is 1. The third kappa shape index (κ3) is 2.68. The topological polar surface area (TPSA) is 26.3 Å². The lowest BCUT2D eigenvalue weighted by atomic mass is 9.92. The predicted molar refractivity (Wildman–Crippen MR) is 67.8 cm³/mol. The van der Waals surface area contributed by atoms with Crippen molar-refractivity contribution < 1.29 is 9.53 Å². The van der Waals surface area contributed by atoms with Gasteiger partial charge in [0.15, 0.2) is 0 Å². The third-order valence-electron chi connectivity index (χ3n) is 3.68. The van der Waals surface area contributed by atoms with Gasteiger partial charge in [0.2, 0.25) is 0 Å². The van der Waals surface area contributed by atoms with Gasteiger partial charge < -0.3 is 4.74 Å². The molecule has 1 fully saturated rings. The van der Waals surface area contributed by atoms with E-state index in [2.05, 4.69) is 39.0 Å². The van der Waals surface area contributed by atoms with Gasteiger partial charge in [-0.3, -0.25) is 4.79 Å². The number of rotatable bonds is 1. The summed E-state index contributed by atoms with van der Waals surface area (Å²) < 4.78 is 5.57. The molecule has 1 aliphatic heterocycles. The van der Waals surface area contributed by atoms with Crippen molar-refractivity contribution in [1.29, 1.82) is 0 Å². The van der Waals surface area contributed by atoms with E-state index in [4.69, 9.17) is 4.74 Å². The number of hydrogen-bond acceptors (Lipinski definition) is 2. The molecule has 0 bridgehead atoms. The summed E-state index contributed by atoms with van der Waals surface area (Å²) in [5, 5.41) is 0. The second-order valence-electron chi connectivity index (χ2n) is 5.12. The van der Waals surface area contributed by atoms with Gasteiger partial charge in [0.1, 0.15) is 6.10 Å². The zero-order valence-electron chi connectivity index (χ0n) is 10.8. The van der Waals surface area contributed by atoms with Gasteiger partial charge in [-0.1, -0.05) is 25.1 Å². The Bertz CT molecular complexity index is 423. The molecule has 17 heavy (non-hydrogen) atoms. The lowest BCUT2D eigenvalue weighted by molar-refractivity contribution is -0.150. The predicted octanol–water partition coefficient (Wildman–Crippen LogP) is 3.71. The Morgan fingerprint density at radius 3 is 2.71 bits per heavy atom. The second-order valence-corrected chi connectivity index (χ2v) is 5.12. The summed E-state index contributed by atoms with van der Waals surface area (Å²) >= 11 is 0. The van der Waals surface area contributed by atoms with Crippen molar-refractivity contribution in [1.82, 2.24) is 0 Å². The molecule has 1 saturated heterocycles. The van der Waals surface area contributed by atoms with E-state index in [0.29, 0.717) is 12.3 Å². The largest absolute Gasteiger partial charge is 0.457 e. The molecule has 1 aromatic rings. The SMILES string of the molecule is Cc1ccc([C@@H]2OC(=O)CCC[C@@H]2C)cc1C. The van der Waals surface area contributed by atoms with Gasteiger partial charge in [-0.25, -0.2) is 0 Å². The van der Waals surface area contributed by atoms with Crippen LogP contribution in [0.25, 0.3) is 0 Å². The van der Waals surface area contributed by atoms with E-state index >= 15 is 0 Å². The zero-order valence-corrected chi connectivity index (χ0v) is 10.8. The maximum Gasteiger partial charge on any atom is 0.306 e. The maximum absolute atomic E-state index is 11.5. The molecule has 0 saturated carbocycles. The molecule has 2 nitrogen and oxygen atoms in total. The first-order chi connectivity index (χ1) is 8.08. The highest BCUT2D eigenvalue weighted by atomic mass is 16.5. The summed E-state index contributed by atoms with van der Waals surface area (Å²) in [5.74, 6) is 0.348. The van der Waals surface area contributed by atoms with E-state index in [0.717, 1.165) is 18.4 Å². The molecule has 1 aromatic carbocycles. The lowest BCUT2D eigenvalue weighted by Gasteiger charge is -2.22. The molecular weight excluding hydrogens is 212 g/mol. The molecule has 0 radical (unpaired) electrons. The Morgan fingerprint density at radius 2 is 2.00 bits per heavy atom. The summed E-state index contributed by atoms with van der Waals surface area (Å²) in [4.78, 5) is 11.5. The standard InChI is InChI=1S/C15H20O2/c1-10-7-8-13(9-12(10)3)15-11(2)5-4-6-14(16)17-15/h7-9,11,15H,4-6H2,1-3H3/t11-,15+/m0/s1. The molecule has 0 amide bonds. The third-order valence-corrected chi connectivity index (χ3v) is 3.68. The molecule has 92 valence electrons. The van der Waals surface area contributed by atoms with Crippen molar-refractivity contribution in [3.8, 4) is 0 Å². The number of cyclic esters (lactones) is 1. The number of benzene rings is 1. The molecule has 1 aliphatic rings. The molecular formula is C15H20O2. The maximum atomic E-state index is 11.5. The molecule has 0 aliphatic carbocycles. The summed E-state index contributed by atoms with van der Waals surface area (Å²) in [6.45, 7) is 6.36.